The van der Waals surface area contributed by atoms with Gasteiger partial charge in [-0.25, -0.2) is 0 Å². The zero-order chi connectivity index (χ0) is 11.2. The molecule has 1 heterocycles. The van der Waals surface area contributed by atoms with E-state index >= 15 is 0 Å². The fourth-order valence-corrected chi connectivity index (χ4v) is 2.48. The number of nitrogens with zero attached hydrogens (tertiary/aromatic N) is 2. The van der Waals surface area contributed by atoms with Crippen molar-refractivity contribution in [3.8, 4) is 0 Å². The Balaban J connectivity index is 1.67. The van der Waals surface area contributed by atoms with E-state index in [0.717, 1.165) is 25.4 Å². The van der Waals surface area contributed by atoms with Crippen LogP contribution in [0, 0.1) is 5.92 Å². The Labute approximate surface area is 98.2 Å². The third-order valence-electron chi connectivity index (χ3n) is 3.38. The van der Waals surface area contributed by atoms with Gasteiger partial charge in [0.05, 0.1) is 6.20 Å². The van der Waals surface area contributed by atoms with Crippen molar-refractivity contribution in [3.63, 3.8) is 0 Å². The van der Waals surface area contributed by atoms with E-state index in [1.807, 2.05) is 10.9 Å². The maximum Gasteiger partial charge on any atom is 0.0534 e. The first kappa shape index (κ1) is 11.6. The molecule has 16 heavy (non-hydrogen) atoms. The molecule has 0 spiro atoms. The Hall–Kier alpha value is -0.830. The normalized spacial score (nSPS) is 17.1. The maximum absolute atomic E-state index is 4.33. The summed E-state index contributed by atoms with van der Waals surface area (Å²) in [6, 6.07) is 0. The summed E-state index contributed by atoms with van der Waals surface area (Å²) >= 11 is 0. The van der Waals surface area contributed by atoms with Crippen LogP contribution in [-0.4, -0.2) is 16.3 Å². The van der Waals surface area contributed by atoms with Gasteiger partial charge in [0.15, 0.2) is 0 Å². The second-order valence-electron chi connectivity index (χ2n) is 4.89. The Bertz CT molecular complexity index is 300. The highest BCUT2D eigenvalue weighted by Gasteiger charge is 2.13. The fraction of sp³-hybridized carbons (Fsp3) is 0.769. The monoisotopic (exact) mass is 221 g/mol. The molecule has 1 aromatic rings. The molecule has 1 saturated carbocycles. The summed E-state index contributed by atoms with van der Waals surface area (Å²) in [5.41, 5.74) is 1.31. The Morgan fingerprint density at radius 3 is 3.00 bits per heavy atom. The molecule has 1 aliphatic rings. The van der Waals surface area contributed by atoms with Crippen LogP contribution in [0.15, 0.2) is 12.4 Å². The number of aryl methyl sites for hydroxylation is 1. The van der Waals surface area contributed by atoms with Gasteiger partial charge >= 0.3 is 0 Å². The molecule has 1 N–H and O–H groups in total. The summed E-state index contributed by atoms with van der Waals surface area (Å²) in [6.45, 7) is 5.36. The van der Waals surface area contributed by atoms with E-state index in [2.05, 4.69) is 23.5 Å². The molecule has 0 aromatic carbocycles. The van der Waals surface area contributed by atoms with E-state index in [4.69, 9.17) is 0 Å². The molecule has 90 valence electrons. The minimum Gasteiger partial charge on any atom is -0.312 e. The molecule has 0 atom stereocenters. The Morgan fingerprint density at radius 2 is 2.25 bits per heavy atom. The molecule has 2 rings (SSSR count). The third-order valence-corrected chi connectivity index (χ3v) is 3.38. The summed E-state index contributed by atoms with van der Waals surface area (Å²) < 4.78 is 2.03. The molecule has 0 saturated heterocycles. The molecule has 0 bridgehead atoms. The molecule has 1 aliphatic carbocycles. The van der Waals surface area contributed by atoms with Crippen LogP contribution in [0.25, 0.3) is 0 Å². The molecule has 0 unspecified atom stereocenters. The molecule has 0 amide bonds. The van der Waals surface area contributed by atoms with Crippen LogP contribution in [0.2, 0.25) is 0 Å². The van der Waals surface area contributed by atoms with E-state index in [1.54, 1.807) is 0 Å². The second-order valence-corrected chi connectivity index (χ2v) is 4.89. The van der Waals surface area contributed by atoms with Crippen molar-refractivity contribution in [1.29, 1.82) is 0 Å². The minimum atomic E-state index is 0.922. The van der Waals surface area contributed by atoms with E-state index in [1.165, 1.54) is 37.8 Å². The highest BCUT2D eigenvalue weighted by molar-refractivity contribution is 5.03. The van der Waals surface area contributed by atoms with E-state index < -0.39 is 0 Å². The van der Waals surface area contributed by atoms with Crippen LogP contribution in [0.1, 0.15) is 44.6 Å². The largest absolute Gasteiger partial charge is 0.312 e. The van der Waals surface area contributed by atoms with Gasteiger partial charge in [-0.3, -0.25) is 4.68 Å². The van der Waals surface area contributed by atoms with Crippen molar-refractivity contribution in [1.82, 2.24) is 15.1 Å². The quantitative estimate of drug-likeness (QED) is 0.800. The first-order chi connectivity index (χ1) is 7.88. The zero-order valence-corrected chi connectivity index (χ0v) is 10.3. The molecule has 3 heteroatoms. The summed E-state index contributed by atoms with van der Waals surface area (Å²) in [4.78, 5) is 0. The summed E-state index contributed by atoms with van der Waals surface area (Å²) in [6.07, 6.45) is 11.0. The number of hydrogen-bond donors (Lipinski definition) is 1. The lowest BCUT2D eigenvalue weighted by atomic mass is 10.1. The van der Waals surface area contributed by atoms with E-state index in [0.29, 0.717) is 0 Å². The van der Waals surface area contributed by atoms with Gasteiger partial charge in [-0.15, -0.1) is 0 Å². The Morgan fingerprint density at radius 1 is 1.44 bits per heavy atom. The maximum atomic E-state index is 4.33. The molecule has 0 radical (unpaired) electrons. The minimum absolute atomic E-state index is 0.922. The molecule has 0 aliphatic heterocycles. The van der Waals surface area contributed by atoms with Gasteiger partial charge in [0.25, 0.3) is 0 Å². The highest BCUT2D eigenvalue weighted by Crippen LogP contribution is 2.23. The number of nitrogens with one attached hydrogen (secondary N) is 1. The summed E-state index contributed by atoms with van der Waals surface area (Å²) in [5.74, 6) is 0.922. The average molecular weight is 221 g/mol. The van der Waals surface area contributed by atoms with Gasteiger partial charge < -0.3 is 5.32 Å². The van der Waals surface area contributed by atoms with Crippen LogP contribution in [0.3, 0.4) is 0 Å². The van der Waals surface area contributed by atoms with Crippen LogP contribution in [0.5, 0.6) is 0 Å². The number of hydrogen-bond acceptors (Lipinski definition) is 2. The summed E-state index contributed by atoms with van der Waals surface area (Å²) in [5, 5.41) is 7.88. The van der Waals surface area contributed by atoms with Gasteiger partial charge in [0.2, 0.25) is 0 Å². The van der Waals surface area contributed by atoms with Gasteiger partial charge in [-0.05, 0) is 31.7 Å². The summed E-state index contributed by atoms with van der Waals surface area (Å²) in [7, 11) is 0. The van der Waals surface area contributed by atoms with Crippen LogP contribution >= 0.6 is 0 Å². The SMILES string of the molecule is CCCn1cc(CNCC2CCCC2)cn1. The predicted octanol–water partition coefficient (Wildman–Crippen LogP) is 2.57. The van der Waals surface area contributed by atoms with Gasteiger partial charge in [0, 0.05) is 24.8 Å². The average Bonchev–Trinajstić information content (AvgIpc) is 2.90. The van der Waals surface area contributed by atoms with Crippen LogP contribution in [-0.2, 0) is 13.1 Å². The first-order valence-corrected chi connectivity index (χ1v) is 6.60. The van der Waals surface area contributed by atoms with Crippen molar-refractivity contribution in [2.45, 2.75) is 52.1 Å². The van der Waals surface area contributed by atoms with Gasteiger partial charge in [-0.2, -0.15) is 5.10 Å². The van der Waals surface area contributed by atoms with E-state index in [-0.39, 0.29) is 0 Å². The fourth-order valence-electron chi connectivity index (χ4n) is 2.48. The van der Waals surface area contributed by atoms with Crippen molar-refractivity contribution in [2.75, 3.05) is 6.54 Å². The lowest BCUT2D eigenvalue weighted by Crippen LogP contribution is -2.20. The predicted molar refractivity (Wildman–Crippen MR) is 66.2 cm³/mol. The lowest BCUT2D eigenvalue weighted by Gasteiger charge is -2.09. The number of rotatable bonds is 6. The molecule has 1 fully saturated rings. The van der Waals surface area contributed by atoms with Gasteiger partial charge in [-0.1, -0.05) is 19.8 Å². The Kier molecular flexibility index (Phi) is 4.40. The third kappa shape index (κ3) is 3.34. The van der Waals surface area contributed by atoms with Crippen molar-refractivity contribution in [2.24, 2.45) is 5.92 Å². The zero-order valence-electron chi connectivity index (χ0n) is 10.3. The highest BCUT2D eigenvalue weighted by atomic mass is 15.3. The van der Waals surface area contributed by atoms with Crippen molar-refractivity contribution in [3.05, 3.63) is 18.0 Å². The van der Waals surface area contributed by atoms with E-state index in [9.17, 15) is 0 Å². The van der Waals surface area contributed by atoms with Crippen LogP contribution < -0.4 is 5.32 Å². The first-order valence-electron chi connectivity index (χ1n) is 6.60. The molecular weight excluding hydrogens is 198 g/mol. The van der Waals surface area contributed by atoms with Crippen molar-refractivity contribution < 1.29 is 0 Å². The molecule has 3 nitrogen and oxygen atoms in total. The second kappa shape index (κ2) is 6.04. The lowest BCUT2D eigenvalue weighted by molar-refractivity contribution is 0.489. The topological polar surface area (TPSA) is 29.9 Å². The standard InChI is InChI=1S/C13H23N3/c1-2-7-16-11-13(10-15-16)9-14-8-12-5-3-4-6-12/h10-12,14H,2-9H2,1H3. The van der Waals surface area contributed by atoms with Crippen LogP contribution in [0.4, 0.5) is 0 Å². The van der Waals surface area contributed by atoms with Gasteiger partial charge in [0.1, 0.15) is 0 Å². The molecule has 1 aromatic heterocycles. The van der Waals surface area contributed by atoms with Crippen molar-refractivity contribution >= 4 is 0 Å². The number of aromatic nitrogens is 2. The molecular formula is C13H23N3. The smallest absolute Gasteiger partial charge is 0.0534 e.